The molecule has 1 saturated heterocycles. The van der Waals surface area contributed by atoms with E-state index in [2.05, 4.69) is 24.5 Å². The molecule has 1 aliphatic rings. The van der Waals surface area contributed by atoms with Gasteiger partial charge in [0.2, 0.25) is 5.91 Å². The van der Waals surface area contributed by atoms with Crippen molar-refractivity contribution < 1.29 is 18.8 Å². The van der Waals surface area contributed by atoms with E-state index in [0.717, 1.165) is 16.5 Å². The van der Waals surface area contributed by atoms with Gasteiger partial charge in [0.1, 0.15) is 17.9 Å². The number of hydrogen-bond acceptors (Lipinski definition) is 3. The van der Waals surface area contributed by atoms with Gasteiger partial charge in [-0.25, -0.2) is 9.18 Å². The summed E-state index contributed by atoms with van der Waals surface area (Å²) < 4.78 is 13.2. The predicted octanol–water partition coefficient (Wildman–Crippen LogP) is 3.35. The summed E-state index contributed by atoms with van der Waals surface area (Å²) in [6.07, 6.45) is 0. The Labute approximate surface area is 162 Å². The number of urea groups is 1. The van der Waals surface area contributed by atoms with E-state index in [-0.39, 0.29) is 5.69 Å². The van der Waals surface area contributed by atoms with Crippen LogP contribution in [0.4, 0.5) is 14.9 Å². The van der Waals surface area contributed by atoms with Crippen molar-refractivity contribution in [2.75, 3.05) is 11.9 Å². The third-order valence-corrected chi connectivity index (χ3v) is 4.84. The summed E-state index contributed by atoms with van der Waals surface area (Å²) in [6.45, 7) is 5.29. The number of anilines is 1. The molecule has 4 amide bonds. The molecule has 2 aromatic carbocycles. The minimum absolute atomic E-state index is 0.254. The standard InChI is InChI=1S/C21H22FN3O3/c1-13(2)14-7-9-15(10-8-14)21(3)19(27)25(20(28)24-21)12-18(26)23-17-6-4-5-16(22)11-17/h4-11,13H,12H2,1-3H3,(H,23,26)(H,24,28). The number of nitrogens with one attached hydrogen (secondary N) is 2. The van der Waals surface area contributed by atoms with Gasteiger partial charge in [-0.05, 0) is 42.2 Å². The quantitative estimate of drug-likeness (QED) is 0.777. The molecule has 2 aromatic rings. The molecule has 0 aliphatic carbocycles. The minimum atomic E-state index is -1.24. The van der Waals surface area contributed by atoms with Crippen LogP contribution >= 0.6 is 0 Å². The number of carbonyl (C=O) groups is 3. The molecule has 0 spiro atoms. The number of carbonyl (C=O) groups excluding carboxylic acids is 3. The maximum atomic E-state index is 13.2. The van der Waals surface area contributed by atoms with Gasteiger partial charge in [0, 0.05) is 5.69 Å². The molecule has 3 rings (SSSR count). The monoisotopic (exact) mass is 383 g/mol. The fourth-order valence-corrected chi connectivity index (χ4v) is 3.15. The molecular formula is C21H22FN3O3. The first-order valence-corrected chi connectivity index (χ1v) is 9.00. The van der Waals surface area contributed by atoms with E-state index in [1.807, 2.05) is 24.3 Å². The Morgan fingerprint density at radius 3 is 2.46 bits per heavy atom. The molecule has 1 fully saturated rings. The molecule has 1 heterocycles. The average Bonchev–Trinajstić information content (AvgIpc) is 2.86. The van der Waals surface area contributed by atoms with E-state index in [1.165, 1.54) is 18.2 Å². The third-order valence-electron chi connectivity index (χ3n) is 4.84. The van der Waals surface area contributed by atoms with Crippen LogP contribution in [0.1, 0.15) is 37.8 Å². The fourth-order valence-electron chi connectivity index (χ4n) is 3.15. The zero-order valence-electron chi connectivity index (χ0n) is 16.0. The van der Waals surface area contributed by atoms with Crippen molar-refractivity contribution in [2.24, 2.45) is 0 Å². The summed E-state index contributed by atoms with van der Waals surface area (Å²) in [6, 6.07) is 12.2. The number of hydrogen-bond donors (Lipinski definition) is 2. The third kappa shape index (κ3) is 3.74. The van der Waals surface area contributed by atoms with E-state index in [9.17, 15) is 18.8 Å². The number of imide groups is 1. The van der Waals surface area contributed by atoms with Crippen molar-refractivity contribution in [3.8, 4) is 0 Å². The average molecular weight is 383 g/mol. The van der Waals surface area contributed by atoms with Gasteiger partial charge >= 0.3 is 6.03 Å². The van der Waals surface area contributed by atoms with Crippen LogP contribution in [-0.4, -0.2) is 29.3 Å². The van der Waals surface area contributed by atoms with Crippen molar-refractivity contribution in [2.45, 2.75) is 32.2 Å². The first-order chi connectivity index (χ1) is 13.2. The normalized spacial score (nSPS) is 19.1. The Bertz CT molecular complexity index is 927. The lowest BCUT2D eigenvalue weighted by molar-refractivity contribution is -0.133. The van der Waals surface area contributed by atoms with Crippen molar-refractivity contribution >= 4 is 23.5 Å². The first-order valence-electron chi connectivity index (χ1n) is 9.00. The van der Waals surface area contributed by atoms with E-state index in [4.69, 9.17) is 0 Å². The van der Waals surface area contributed by atoms with E-state index in [0.29, 0.717) is 11.5 Å². The summed E-state index contributed by atoms with van der Waals surface area (Å²) in [7, 11) is 0. The maximum Gasteiger partial charge on any atom is 0.325 e. The molecular weight excluding hydrogens is 361 g/mol. The summed E-state index contributed by atoms with van der Waals surface area (Å²) >= 11 is 0. The molecule has 1 unspecified atom stereocenters. The molecule has 1 atom stereocenters. The largest absolute Gasteiger partial charge is 0.325 e. The molecule has 6 nitrogen and oxygen atoms in total. The van der Waals surface area contributed by atoms with Crippen LogP contribution in [0.15, 0.2) is 48.5 Å². The maximum absolute atomic E-state index is 13.2. The summed E-state index contributed by atoms with van der Waals surface area (Å²) in [5, 5.41) is 5.16. The van der Waals surface area contributed by atoms with Crippen LogP contribution in [0, 0.1) is 5.82 Å². The van der Waals surface area contributed by atoms with Gasteiger partial charge in [0.15, 0.2) is 0 Å². The topological polar surface area (TPSA) is 78.5 Å². The Morgan fingerprint density at radius 1 is 1.18 bits per heavy atom. The zero-order valence-corrected chi connectivity index (χ0v) is 16.0. The van der Waals surface area contributed by atoms with Crippen LogP contribution < -0.4 is 10.6 Å². The van der Waals surface area contributed by atoms with Gasteiger partial charge in [0.05, 0.1) is 0 Å². The molecule has 1 aliphatic heterocycles. The highest BCUT2D eigenvalue weighted by Crippen LogP contribution is 2.30. The molecule has 7 heteroatoms. The predicted molar refractivity (Wildman–Crippen MR) is 103 cm³/mol. The second-order valence-corrected chi connectivity index (χ2v) is 7.28. The Kier molecular flexibility index (Phi) is 5.18. The number of nitrogens with zero attached hydrogens (tertiary/aromatic N) is 1. The highest BCUT2D eigenvalue weighted by molar-refractivity contribution is 6.10. The second kappa shape index (κ2) is 7.42. The van der Waals surface area contributed by atoms with Gasteiger partial charge in [-0.3, -0.25) is 14.5 Å². The molecule has 28 heavy (non-hydrogen) atoms. The highest BCUT2D eigenvalue weighted by atomic mass is 19.1. The fraction of sp³-hybridized carbons (Fsp3) is 0.286. The van der Waals surface area contributed by atoms with Gasteiger partial charge < -0.3 is 10.6 Å². The number of amides is 4. The zero-order chi connectivity index (χ0) is 20.5. The lowest BCUT2D eigenvalue weighted by atomic mass is 9.90. The molecule has 146 valence electrons. The van der Waals surface area contributed by atoms with Crippen LogP contribution in [0.3, 0.4) is 0 Å². The number of halogens is 1. The summed E-state index contributed by atoms with van der Waals surface area (Å²) in [5.74, 6) is -1.25. The Hall–Kier alpha value is -3.22. The smallest absolute Gasteiger partial charge is 0.324 e. The number of benzene rings is 2. The van der Waals surface area contributed by atoms with Gasteiger partial charge in [0.25, 0.3) is 5.91 Å². The van der Waals surface area contributed by atoms with E-state index < -0.39 is 35.7 Å². The Morgan fingerprint density at radius 2 is 1.86 bits per heavy atom. The van der Waals surface area contributed by atoms with Gasteiger partial charge in [-0.2, -0.15) is 0 Å². The van der Waals surface area contributed by atoms with Crippen molar-refractivity contribution in [1.82, 2.24) is 10.2 Å². The molecule has 2 N–H and O–H groups in total. The lowest BCUT2D eigenvalue weighted by Gasteiger charge is -2.22. The van der Waals surface area contributed by atoms with Crippen LogP contribution in [-0.2, 0) is 15.1 Å². The van der Waals surface area contributed by atoms with Crippen LogP contribution in [0.2, 0.25) is 0 Å². The molecule has 0 bridgehead atoms. The summed E-state index contributed by atoms with van der Waals surface area (Å²) in [5.41, 5.74) is 0.772. The van der Waals surface area contributed by atoms with E-state index >= 15 is 0 Å². The SMILES string of the molecule is CC(C)c1ccc(C2(C)NC(=O)N(CC(=O)Nc3cccc(F)c3)C2=O)cc1. The minimum Gasteiger partial charge on any atom is -0.324 e. The van der Waals surface area contributed by atoms with Crippen molar-refractivity contribution in [1.29, 1.82) is 0 Å². The highest BCUT2D eigenvalue weighted by Gasteiger charge is 2.49. The van der Waals surface area contributed by atoms with Crippen molar-refractivity contribution in [3.63, 3.8) is 0 Å². The Balaban J connectivity index is 1.74. The van der Waals surface area contributed by atoms with Crippen LogP contribution in [0.5, 0.6) is 0 Å². The molecule has 0 saturated carbocycles. The molecule has 0 aromatic heterocycles. The number of rotatable bonds is 5. The second-order valence-electron chi connectivity index (χ2n) is 7.28. The van der Waals surface area contributed by atoms with Crippen molar-refractivity contribution in [3.05, 3.63) is 65.5 Å². The first kappa shape index (κ1) is 19.5. The van der Waals surface area contributed by atoms with E-state index in [1.54, 1.807) is 6.92 Å². The summed E-state index contributed by atoms with van der Waals surface area (Å²) in [4.78, 5) is 38.3. The van der Waals surface area contributed by atoms with Crippen LogP contribution in [0.25, 0.3) is 0 Å². The lowest BCUT2D eigenvalue weighted by Crippen LogP contribution is -2.42. The molecule has 0 radical (unpaired) electrons. The van der Waals surface area contributed by atoms with Gasteiger partial charge in [-0.1, -0.05) is 44.2 Å². The van der Waals surface area contributed by atoms with Gasteiger partial charge in [-0.15, -0.1) is 0 Å².